The molecule has 3 nitrogen and oxygen atoms in total. The van der Waals surface area contributed by atoms with Gasteiger partial charge in [-0.1, -0.05) is 20.8 Å². The molecule has 1 heterocycles. The van der Waals surface area contributed by atoms with Crippen molar-refractivity contribution in [1.29, 1.82) is 0 Å². The normalized spacial score (nSPS) is 29.0. The minimum Gasteiger partial charge on any atom is -0.326 e. The van der Waals surface area contributed by atoms with E-state index in [-0.39, 0.29) is 18.1 Å². The molecule has 0 saturated carbocycles. The monoisotopic (exact) mass is 184 g/mol. The van der Waals surface area contributed by atoms with Crippen molar-refractivity contribution < 1.29 is 4.79 Å². The zero-order valence-electron chi connectivity index (χ0n) is 9.00. The first-order valence-corrected chi connectivity index (χ1v) is 5.12. The van der Waals surface area contributed by atoms with Crippen molar-refractivity contribution in [3.05, 3.63) is 0 Å². The van der Waals surface area contributed by atoms with Crippen LogP contribution in [0.3, 0.4) is 0 Å². The van der Waals surface area contributed by atoms with Gasteiger partial charge in [0.15, 0.2) is 0 Å². The molecule has 1 N–H and O–H groups in total. The van der Waals surface area contributed by atoms with Crippen LogP contribution in [0.15, 0.2) is 0 Å². The van der Waals surface area contributed by atoms with Crippen LogP contribution in [0, 0.1) is 5.92 Å². The maximum atomic E-state index is 11.7. The summed E-state index contributed by atoms with van der Waals surface area (Å²) in [5, 5.41) is 3.29. The maximum absolute atomic E-state index is 11.7. The molecule has 0 aliphatic carbocycles. The molecule has 13 heavy (non-hydrogen) atoms. The number of rotatable bonds is 3. The van der Waals surface area contributed by atoms with Crippen LogP contribution in [0.4, 0.5) is 0 Å². The second-order valence-electron chi connectivity index (χ2n) is 4.20. The highest BCUT2D eigenvalue weighted by Gasteiger charge is 2.34. The van der Waals surface area contributed by atoms with Crippen molar-refractivity contribution in [2.45, 2.75) is 46.3 Å². The van der Waals surface area contributed by atoms with E-state index in [2.05, 4.69) is 26.1 Å². The Morgan fingerprint density at radius 2 is 2.15 bits per heavy atom. The Morgan fingerprint density at radius 1 is 1.54 bits per heavy atom. The van der Waals surface area contributed by atoms with Crippen molar-refractivity contribution in [3.63, 3.8) is 0 Å². The van der Waals surface area contributed by atoms with Gasteiger partial charge in [-0.2, -0.15) is 0 Å². The van der Waals surface area contributed by atoms with Gasteiger partial charge >= 0.3 is 0 Å². The van der Waals surface area contributed by atoms with Gasteiger partial charge in [-0.25, -0.2) is 0 Å². The summed E-state index contributed by atoms with van der Waals surface area (Å²) in [6, 6.07) is 0.00343. The molecular weight excluding hydrogens is 164 g/mol. The Bertz CT molecular complexity index is 191. The predicted molar refractivity (Wildman–Crippen MR) is 53.2 cm³/mol. The molecule has 1 aliphatic rings. The smallest absolute Gasteiger partial charge is 0.240 e. The summed E-state index contributed by atoms with van der Waals surface area (Å²) in [6.45, 7) is 9.20. The Kier molecular flexibility index (Phi) is 3.31. The van der Waals surface area contributed by atoms with E-state index in [0.717, 1.165) is 13.0 Å². The first-order valence-electron chi connectivity index (χ1n) is 5.12. The SMILES string of the molecule is CCC1NC(C)C(=O)N1CC(C)C. The van der Waals surface area contributed by atoms with Gasteiger partial charge in [-0.3, -0.25) is 10.1 Å². The number of nitrogens with one attached hydrogen (secondary N) is 1. The van der Waals surface area contributed by atoms with Crippen LogP contribution >= 0.6 is 0 Å². The lowest BCUT2D eigenvalue weighted by Gasteiger charge is -2.24. The molecule has 3 heteroatoms. The molecule has 0 radical (unpaired) electrons. The van der Waals surface area contributed by atoms with Crippen LogP contribution in [0.1, 0.15) is 34.1 Å². The minimum atomic E-state index is 0.00343. The van der Waals surface area contributed by atoms with E-state index in [1.54, 1.807) is 0 Å². The summed E-state index contributed by atoms with van der Waals surface area (Å²) < 4.78 is 0. The van der Waals surface area contributed by atoms with E-state index in [4.69, 9.17) is 0 Å². The molecule has 1 amide bonds. The van der Waals surface area contributed by atoms with Crippen molar-refractivity contribution in [2.24, 2.45) is 5.92 Å². The van der Waals surface area contributed by atoms with E-state index in [9.17, 15) is 4.79 Å². The predicted octanol–water partition coefficient (Wildman–Crippen LogP) is 1.20. The van der Waals surface area contributed by atoms with Crippen LogP contribution in [-0.4, -0.2) is 29.6 Å². The lowest BCUT2D eigenvalue weighted by atomic mass is 10.2. The fourth-order valence-electron chi connectivity index (χ4n) is 1.80. The van der Waals surface area contributed by atoms with Crippen LogP contribution in [0.2, 0.25) is 0 Å². The van der Waals surface area contributed by atoms with Crippen molar-refractivity contribution in [1.82, 2.24) is 10.2 Å². The van der Waals surface area contributed by atoms with E-state index in [1.165, 1.54) is 0 Å². The highest BCUT2D eigenvalue weighted by molar-refractivity contribution is 5.83. The van der Waals surface area contributed by atoms with Gasteiger partial charge in [0.25, 0.3) is 0 Å². The Labute approximate surface area is 80.5 Å². The third kappa shape index (κ3) is 2.21. The summed E-state index contributed by atoms with van der Waals surface area (Å²) in [5.74, 6) is 0.797. The van der Waals surface area contributed by atoms with Crippen molar-refractivity contribution in [2.75, 3.05) is 6.54 Å². The fraction of sp³-hybridized carbons (Fsp3) is 0.900. The van der Waals surface area contributed by atoms with E-state index >= 15 is 0 Å². The number of carbonyl (C=O) groups is 1. The molecule has 1 fully saturated rings. The Hall–Kier alpha value is -0.570. The van der Waals surface area contributed by atoms with Gasteiger partial charge < -0.3 is 4.90 Å². The van der Waals surface area contributed by atoms with Crippen LogP contribution in [0.25, 0.3) is 0 Å². The third-order valence-electron chi connectivity index (χ3n) is 2.42. The second kappa shape index (κ2) is 4.09. The quantitative estimate of drug-likeness (QED) is 0.714. The summed E-state index contributed by atoms with van der Waals surface area (Å²) in [6.07, 6.45) is 1.24. The molecule has 0 aromatic rings. The average molecular weight is 184 g/mol. The van der Waals surface area contributed by atoms with Gasteiger partial charge in [0.05, 0.1) is 12.2 Å². The van der Waals surface area contributed by atoms with Crippen LogP contribution in [-0.2, 0) is 4.79 Å². The fourth-order valence-corrected chi connectivity index (χ4v) is 1.80. The summed E-state index contributed by atoms with van der Waals surface area (Å²) in [4.78, 5) is 13.6. The maximum Gasteiger partial charge on any atom is 0.240 e. The lowest BCUT2D eigenvalue weighted by Crippen LogP contribution is -2.39. The number of hydrogen-bond donors (Lipinski definition) is 1. The second-order valence-corrected chi connectivity index (χ2v) is 4.20. The van der Waals surface area contributed by atoms with Gasteiger partial charge in [0, 0.05) is 6.54 Å². The zero-order valence-corrected chi connectivity index (χ0v) is 9.00. The largest absolute Gasteiger partial charge is 0.326 e. The van der Waals surface area contributed by atoms with Gasteiger partial charge in [-0.15, -0.1) is 0 Å². The number of nitrogens with zero attached hydrogens (tertiary/aromatic N) is 1. The van der Waals surface area contributed by atoms with E-state index in [1.807, 2.05) is 11.8 Å². The summed E-state index contributed by atoms with van der Waals surface area (Å²) in [5.41, 5.74) is 0. The average Bonchev–Trinajstić information content (AvgIpc) is 2.31. The molecule has 2 unspecified atom stereocenters. The highest BCUT2D eigenvalue weighted by Crippen LogP contribution is 2.14. The van der Waals surface area contributed by atoms with Gasteiger partial charge in [-0.05, 0) is 19.3 Å². The van der Waals surface area contributed by atoms with E-state index in [0.29, 0.717) is 5.92 Å². The molecule has 0 aromatic heterocycles. The molecule has 76 valence electrons. The third-order valence-corrected chi connectivity index (χ3v) is 2.42. The highest BCUT2D eigenvalue weighted by atomic mass is 16.2. The topological polar surface area (TPSA) is 32.3 Å². The zero-order chi connectivity index (χ0) is 10.0. The van der Waals surface area contributed by atoms with Gasteiger partial charge in [0.2, 0.25) is 5.91 Å². The summed E-state index contributed by atoms with van der Waals surface area (Å²) in [7, 11) is 0. The molecular formula is C10H20N2O. The van der Waals surface area contributed by atoms with Gasteiger partial charge in [0.1, 0.15) is 0 Å². The summed E-state index contributed by atoms with van der Waals surface area (Å²) >= 11 is 0. The lowest BCUT2D eigenvalue weighted by molar-refractivity contribution is -0.130. The molecule has 1 saturated heterocycles. The molecule has 0 spiro atoms. The number of amides is 1. The molecule has 1 aliphatic heterocycles. The van der Waals surface area contributed by atoms with E-state index < -0.39 is 0 Å². The van der Waals surface area contributed by atoms with Crippen LogP contribution in [0.5, 0.6) is 0 Å². The molecule has 0 aromatic carbocycles. The molecule has 2 atom stereocenters. The minimum absolute atomic E-state index is 0.00343. The molecule has 0 bridgehead atoms. The van der Waals surface area contributed by atoms with Crippen LogP contribution < -0.4 is 5.32 Å². The number of hydrogen-bond acceptors (Lipinski definition) is 2. The molecule has 1 rings (SSSR count). The number of carbonyl (C=O) groups excluding carboxylic acids is 1. The first kappa shape index (κ1) is 10.5. The van der Waals surface area contributed by atoms with Crippen molar-refractivity contribution >= 4 is 5.91 Å². The standard InChI is InChI=1S/C10H20N2O/c1-5-9-11-8(4)10(13)12(9)6-7(2)3/h7-9,11H,5-6H2,1-4H3. The first-order chi connectivity index (χ1) is 6.06. The van der Waals surface area contributed by atoms with Crippen molar-refractivity contribution in [3.8, 4) is 0 Å². The Balaban J connectivity index is 2.62. The Morgan fingerprint density at radius 3 is 2.62 bits per heavy atom.